The van der Waals surface area contributed by atoms with Gasteiger partial charge in [-0.3, -0.25) is 9.59 Å². The first kappa shape index (κ1) is 14.5. The van der Waals surface area contributed by atoms with E-state index in [0.717, 1.165) is 12.8 Å². The van der Waals surface area contributed by atoms with Crippen molar-refractivity contribution in [3.8, 4) is 6.07 Å². The van der Waals surface area contributed by atoms with Crippen LogP contribution in [0.15, 0.2) is 16.8 Å². The van der Waals surface area contributed by atoms with Crippen LogP contribution in [-0.4, -0.2) is 33.3 Å². The molecule has 0 radical (unpaired) electrons. The largest absolute Gasteiger partial charge is 0.367 e. The van der Waals surface area contributed by atoms with Crippen LogP contribution in [0.1, 0.15) is 32.3 Å². The van der Waals surface area contributed by atoms with E-state index in [-0.39, 0.29) is 28.4 Å². The highest BCUT2D eigenvalue weighted by atomic mass is 16.6. The normalized spacial score (nSPS) is 36.3. The van der Waals surface area contributed by atoms with E-state index >= 15 is 0 Å². The average molecular weight is 338 g/mol. The molecule has 2 aromatic rings. The maximum atomic E-state index is 13.1. The van der Waals surface area contributed by atoms with Crippen molar-refractivity contribution >= 4 is 28.5 Å². The molecule has 2 unspecified atom stereocenters. The van der Waals surface area contributed by atoms with Gasteiger partial charge in [-0.05, 0) is 49.1 Å². The van der Waals surface area contributed by atoms with Crippen LogP contribution >= 0.6 is 0 Å². The molecular weight excluding hydrogens is 324 g/mol. The Labute approximate surface area is 142 Å². The van der Waals surface area contributed by atoms with Crippen LogP contribution in [0, 0.1) is 23.2 Å². The first-order chi connectivity index (χ1) is 11.9. The SMILES string of the molecule is C[C@@]12CC[C@](C)(O1)C1C(=O)N(c3ccc(C#N)c4nonc34)C(=O)C12. The van der Waals surface area contributed by atoms with E-state index in [1.807, 2.05) is 19.9 Å². The number of hydrogen-bond donors (Lipinski definition) is 0. The van der Waals surface area contributed by atoms with Gasteiger partial charge in [-0.2, -0.15) is 5.26 Å². The fraction of sp³-hybridized carbons (Fsp3) is 0.471. The third-order valence-corrected chi connectivity index (χ3v) is 5.96. The number of nitrogens with zero attached hydrogens (tertiary/aromatic N) is 4. The van der Waals surface area contributed by atoms with Crippen LogP contribution < -0.4 is 4.90 Å². The third kappa shape index (κ3) is 1.54. The van der Waals surface area contributed by atoms with Gasteiger partial charge in [-0.15, -0.1) is 0 Å². The van der Waals surface area contributed by atoms with E-state index in [1.165, 1.54) is 11.0 Å². The van der Waals surface area contributed by atoms with Gasteiger partial charge in [0.25, 0.3) is 0 Å². The quantitative estimate of drug-likeness (QED) is 0.725. The number of nitriles is 1. The van der Waals surface area contributed by atoms with Crippen LogP contribution in [-0.2, 0) is 14.3 Å². The molecule has 0 N–H and O–H groups in total. The minimum atomic E-state index is -0.616. The van der Waals surface area contributed by atoms with Crippen LogP contribution in [0.5, 0.6) is 0 Å². The summed E-state index contributed by atoms with van der Waals surface area (Å²) in [6.07, 6.45) is 1.51. The number of aromatic nitrogens is 2. The molecule has 25 heavy (non-hydrogen) atoms. The third-order valence-electron chi connectivity index (χ3n) is 5.96. The second-order valence-electron chi connectivity index (χ2n) is 7.40. The Morgan fingerprint density at radius 1 is 1.12 bits per heavy atom. The van der Waals surface area contributed by atoms with Gasteiger partial charge in [-0.25, -0.2) is 9.53 Å². The molecule has 4 atom stereocenters. The number of ether oxygens (including phenoxy) is 1. The molecule has 3 fully saturated rings. The Balaban J connectivity index is 1.68. The molecule has 3 saturated heterocycles. The number of benzene rings is 1. The van der Waals surface area contributed by atoms with Crippen LogP contribution in [0.3, 0.4) is 0 Å². The number of hydrogen-bond acceptors (Lipinski definition) is 7. The van der Waals surface area contributed by atoms with Gasteiger partial charge in [0.2, 0.25) is 11.8 Å². The Morgan fingerprint density at radius 3 is 2.32 bits per heavy atom. The molecule has 4 heterocycles. The van der Waals surface area contributed by atoms with Crippen molar-refractivity contribution in [1.82, 2.24) is 10.3 Å². The summed E-state index contributed by atoms with van der Waals surface area (Å²) >= 11 is 0. The predicted octanol–water partition coefficient (Wildman–Crippen LogP) is 1.54. The van der Waals surface area contributed by atoms with Crippen molar-refractivity contribution in [3.63, 3.8) is 0 Å². The highest BCUT2D eigenvalue weighted by Gasteiger charge is 2.72. The maximum Gasteiger partial charge on any atom is 0.240 e. The second kappa shape index (κ2) is 4.24. The summed E-state index contributed by atoms with van der Waals surface area (Å²) in [5, 5.41) is 16.7. The lowest BCUT2D eigenvalue weighted by Gasteiger charge is -2.27. The number of imide groups is 1. The molecule has 1 aromatic heterocycles. The summed E-state index contributed by atoms with van der Waals surface area (Å²) in [6, 6.07) is 5.07. The van der Waals surface area contributed by atoms with Crippen molar-refractivity contribution in [3.05, 3.63) is 17.7 Å². The van der Waals surface area contributed by atoms with Gasteiger partial charge in [0.1, 0.15) is 6.07 Å². The number of fused-ring (bicyclic) bond motifs is 6. The molecule has 0 saturated carbocycles. The summed E-state index contributed by atoms with van der Waals surface area (Å²) in [6.45, 7) is 3.81. The number of carbonyl (C=O) groups excluding carboxylic acids is 2. The van der Waals surface area contributed by atoms with Crippen LogP contribution in [0.25, 0.3) is 11.0 Å². The molecule has 2 amide bonds. The topological polar surface area (TPSA) is 109 Å². The predicted molar refractivity (Wildman–Crippen MR) is 83.1 cm³/mol. The molecule has 3 aliphatic rings. The Bertz CT molecular complexity index is 974. The van der Waals surface area contributed by atoms with E-state index in [0.29, 0.717) is 5.69 Å². The maximum absolute atomic E-state index is 13.1. The van der Waals surface area contributed by atoms with Gasteiger partial charge >= 0.3 is 0 Å². The molecule has 2 bridgehead atoms. The van der Waals surface area contributed by atoms with Crippen molar-refractivity contribution < 1.29 is 19.0 Å². The minimum Gasteiger partial charge on any atom is -0.367 e. The fourth-order valence-electron chi connectivity index (χ4n) is 4.83. The lowest BCUT2D eigenvalue weighted by Crippen LogP contribution is -2.40. The van der Waals surface area contributed by atoms with Crippen molar-refractivity contribution in [2.45, 2.75) is 37.9 Å². The summed E-state index contributed by atoms with van der Waals surface area (Å²) in [5.41, 5.74) is -0.157. The Morgan fingerprint density at radius 2 is 1.72 bits per heavy atom. The summed E-state index contributed by atoms with van der Waals surface area (Å²) in [5.74, 6) is -1.56. The molecule has 5 rings (SSSR count). The van der Waals surface area contributed by atoms with E-state index < -0.39 is 23.0 Å². The fourth-order valence-corrected chi connectivity index (χ4v) is 4.83. The number of carbonyl (C=O) groups is 2. The zero-order chi connectivity index (χ0) is 17.6. The van der Waals surface area contributed by atoms with Crippen molar-refractivity contribution in [1.29, 1.82) is 5.26 Å². The highest BCUT2D eigenvalue weighted by molar-refractivity contribution is 6.25. The Kier molecular flexibility index (Phi) is 2.47. The van der Waals surface area contributed by atoms with Crippen molar-refractivity contribution in [2.75, 3.05) is 4.90 Å². The van der Waals surface area contributed by atoms with E-state index in [9.17, 15) is 9.59 Å². The molecule has 1 aromatic carbocycles. The van der Waals surface area contributed by atoms with Crippen LogP contribution in [0.2, 0.25) is 0 Å². The van der Waals surface area contributed by atoms with Gasteiger partial charge < -0.3 is 4.74 Å². The molecule has 8 nitrogen and oxygen atoms in total. The lowest BCUT2D eigenvalue weighted by molar-refractivity contribution is -0.129. The zero-order valence-electron chi connectivity index (χ0n) is 13.6. The van der Waals surface area contributed by atoms with E-state index in [1.54, 1.807) is 6.07 Å². The van der Waals surface area contributed by atoms with E-state index in [2.05, 4.69) is 10.3 Å². The Hall–Kier alpha value is -2.79. The monoisotopic (exact) mass is 338 g/mol. The highest BCUT2D eigenvalue weighted by Crippen LogP contribution is 2.61. The number of anilines is 1. The molecule has 0 aliphatic carbocycles. The van der Waals surface area contributed by atoms with E-state index in [4.69, 9.17) is 14.6 Å². The molecular formula is C17H14N4O4. The van der Waals surface area contributed by atoms with Gasteiger partial charge in [0.15, 0.2) is 11.0 Å². The average Bonchev–Trinajstić information content (AvgIpc) is 3.28. The van der Waals surface area contributed by atoms with Gasteiger partial charge in [0.05, 0.1) is 34.3 Å². The summed E-state index contributed by atoms with van der Waals surface area (Å²) < 4.78 is 10.8. The summed E-state index contributed by atoms with van der Waals surface area (Å²) in [7, 11) is 0. The lowest BCUT2D eigenvalue weighted by atomic mass is 9.69. The van der Waals surface area contributed by atoms with Gasteiger partial charge in [-0.1, -0.05) is 0 Å². The number of rotatable bonds is 1. The molecule has 126 valence electrons. The number of amides is 2. The molecule has 0 spiro atoms. The first-order valence-corrected chi connectivity index (χ1v) is 8.13. The minimum absolute atomic E-state index is 0.240. The van der Waals surface area contributed by atoms with Crippen LogP contribution in [0.4, 0.5) is 5.69 Å². The zero-order valence-corrected chi connectivity index (χ0v) is 13.6. The second-order valence-corrected chi connectivity index (χ2v) is 7.40. The first-order valence-electron chi connectivity index (χ1n) is 8.13. The van der Waals surface area contributed by atoms with Crippen molar-refractivity contribution in [2.24, 2.45) is 11.8 Å². The van der Waals surface area contributed by atoms with Gasteiger partial charge in [0, 0.05) is 0 Å². The smallest absolute Gasteiger partial charge is 0.240 e. The molecule has 3 aliphatic heterocycles. The molecule has 8 heteroatoms. The summed E-state index contributed by atoms with van der Waals surface area (Å²) in [4.78, 5) is 27.4. The standard InChI is InChI=1S/C17H14N4O4/c1-16-5-6-17(2,24-16)11-10(16)14(22)21(15(11)23)9-4-3-8(7-18)12-13(9)20-25-19-12/h3-4,10-11H,5-6H2,1-2H3/t10?,11?,16-,17-/m0/s1.